The molecular weight excluding hydrogens is 392 g/mol. The number of hydrogen-bond acceptors (Lipinski definition) is 4. The monoisotopic (exact) mass is 416 g/mol. The van der Waals surface area contributed by atoms with Gasteiger partial charge in [-0.05, 0) is 43.5 Å². The van der Waals surface area contributed by atoms with Crippen LogP contribution in [-0.2, 0) is 10.0 Å². The predicted molar refractivity (Wildman–Crippen MR) is 112 cm³/mol. The fraction of sp³-hybridized carbons (Fsp3) is 0.381. The molecule has 7 heteroatoms. The molecule has 0 atom stereocenters. The molecule has 2 heterocycles. The number of sulfonamides is 1. The lowest BCUT2D eigenvalue weighted by Crippen LogP contribution is -2.53. The predicted octanol–water partition coefficient (Wildman–Crippen LogP) is 3.37. The number of amides is 1. The molecule has 1 spiro atoms. The molecular formula is C21H24N2O3S2. The van der Waals surface area contributed by atoms with Crippen molar-refractivity contribution in [3.63, 3.8) is 0 Å². The summed E-state index contributed by atoms with van der Waals surface area (Å²) in [6.45, 7) is 3.53. The topological polar surface area (TPSA) is 57.7 Å². The van der Waals surface area contributed by atoms with Crippen molar-refractivity contribution in [2.75, 3.05) is 25.4 Å². The van der Waals surface area contributed by atoms with Crippen LogP contribution in [0, 0.1) is 6.92 Å². The Labute approximate surface area is 170 Å². The molecule has 0 aromatic heterocycles. The van der Waals surface area contributed by atoms with Gasteiger partial charge < -0.3 is 4.90 Å². The van der Waals surface area contributed by atoms with E-state index in [1.54, 1.807) is 40.3 Å². The van der Waals surface area contributed by atoms with E-state index in [4.69, 9.17) is 0 Å². The highest BCUT2D eigenvalue weighted by Crippen LogP contribution is 2.45. The van der Waals surface area contributed by atoms with Crippen LogP contribution in [0.4, 0.5) is 0 Å². The lowest BCUT2D eigenvalue weighted by Gasteiger charge is -2.43. The Morgan fingerprint density at radius 2 is 1.61 bits per heavy atom. The first-order valence-electron chi connectivity index (χ1n) is 9.51. The maximum Gasteiger partial charge on any atom is 0.255 e. The zero-order valence-corrected chi connectivity index (χ0v) is 17.5. The normalized spacial score (nSPS) is 19.8. The van der Waals surface area contributed by atoms with Gasteiger partial charge in [0.25, 0.3) is 5.91 Å². The molecule has 0 radical (unpaired) electrons. The first kappa shape index (κ1) is 19.5. The largest absolute Gasteiger partial charge is 0.323 e. The fourth-order valence-corrected chi connectivity index (χ4v) is 7.00. The van der Waals surface area contributed by atoms with E-state index in [1.807, 2.05) is 42.2 Å². The van der Waals surface area contributed by atoms with Crippen molar-refractivity contribution in [3.8, 4) is 0 Å². The molecule has 2 aromatic carbocycles. The number of thioether (sulfide) groups is 1. The molecule has 148 valence electrons. The summed E-state index contributed by atoms with van der Waals surface area (Å²) in [6.07, 6.45) is 1.31. The molecule has 0 saturated carbocycles. The Hall–Kier alpha value is -1.83. The number of carbonyl (C=O) groups excluding carboxylic acids is 1. The molecule has 2 aliphatic rings. The average molecular weight is 417 g/mol. The van der Waals surface area contributed by atoms with Gasteiger partial charge in [-0.25, -0.2) is 8.42 Å². The lowest BCUT2D eigenvalue weighted by atomic mass is 10.0. The van der Waals surface area contributed by atoms with Gasteiger partial charge in [-0.3, -0.25) is 4.79 Å². The van der Waals surface area contributed by atoms with E-state index in [0.29, 0.717) is 37.4 Å². The van der Waals surface area contributed by atoms with Crippen molar-refractivity contribution >= 4 is 27.7 Å². The van der Waals surface area contributed by atoms with Crippen molar-refractivity contribution in [1.29, 1.82) is 0 Å². The van der Waals surface area contributed by atoms with Gasteiger partial charge in [-0.1, -0.05) is 36.4 Å². The van der Waals surface area contributed by atoms with E-state index in [0.717, 1.165) is 16.9 Å². The maximum atomic E-state index is 13.2. The van der Waals surface area contributed by atoms with Gasteiger partial charge in [-0.15, -0.1) is 11.8 Å². The highest BCUT2D eigenvalue weighted by Gasteiger charge is 2.48. The van der Waals surface area contributed by atoms with Crippen LogP contribution in [0.5, 0.6) is 0 Å². The number of aryl methyl sites for hydroxylation is 1. The Balaban J connectivity index is 1.53. The molecule has 5 nitrogen and oxygen atoms in total. The summed E-state index contributed by atoms with van der Waals surface area (Å²) < 4.78 is 27.4. The zero-order valence-electron chi connectivity index (χ0n) is 15.9. The molecule has 0 bridgehead atoms. The smallest absolute Gasteiger partial charge is 0.255 e. The van der Waals surface area contributed by atoms with Crippen molar-refractivity contribution in [3.05, 3.63) is 65.7 Å². The van der Waals surface area contributed by atoms with Crippen LogP contribution >= 0.6 is 11.8 Å². The van der Waals surface area contributed by atoms with Crippen LogP contribution in [-0.4, -0.2) is 53.8 Å². The lowest BCUT2D eigenvalue weighted by molar-refractivity contribution is 0.0604. The third kappa shape index (κ3) is 3.36. The van der Waals surface area contributed by atoms with Gasteiger partial charge in [0.2, 0.25) is 10.0 Å². The Morgan fingerprint density at radius 3 is 2.29 bits per heavy atom. The fourth-order valence-electron chi connectivity index (χ4n) is 4.09. The summed E-state index contributed by atoms with van der Waals surface area (Å²) in [5, 5.41) is 0. The number of carbonyl (C=O) groups is 1. The zero-order chi connectivity index (χ0) is 19.8. The maximum absolute atomic E-state index is 13.2. The number of hydrogen-bond donors (Lipinski definition) is 0. The highest BCUT2D eigenvalue weighted by atomic mass is 32.2. The molecule has 0 unspecified atom stereocenters. The standard InChI is InChI=1S/C21H24N2O3S2/c1-17-7-5-6-10-19(17)20(24)23-15-16-27-21(23)11-13-22(14-12-21)28(25,26)18-8-3-2-4-9-18/h2-10H,11-16H2,1H3. The summed E-state index contributed by atoms with van der Waals surface area (Å²) in [7, 11) is -3.48. The van der Waals surface area contributed by atoms with Crippen LogP contribution in [0.25, 0.3) is 0 Å². The quantitative estimate of drug-likeness (QED) is 0.770. The summed E-state index contributed by atoms with van der Waals surface area (Å²) in [5.41, 5.74) is 1.72. The number of benzene rings is 2. The summed E-state index contributed by atoms with van der Waals surface area (Å²) >= 11 is 1.79. The minimum atomic E-state index is -3.48. The van der Waals surface area contributed by atoms with Gasteiger partial charge in [0.15, 0.2) is 0 Å². The third-order valence-electron chi connectivity index (χ3n) is 5.68. The second-order valence-electron chi connectivity index (χ2n) is 7.28. The van der Waals surface area contributed by atoms with Crippen molar-refractivity contribution < 1.29 is 13.2 Å². The van der Waals surface area contributed by atoms with Crippen LogP contribution in [0.2, 0.25) is 0 Å². The van der Waals surface area contributed by atoms with Gasteiger partial charge in [0, 0.05) is 31.0 Å². The molecule has 1 amide bonds. The minimum Gasteiger partial charge on any atom is -0.323 e. The minimum absolute atomic E-state index is 0.0578. The van der Waals surface area contributed by atoms with Gasteiger partial charge >= 0.3 is 0 Å². The number of rotatable bonds is 3. The van der Waals surface area contributed by atoms with Gasteiger partial charge in [-0.2, -0.15) is 4.31 Å². The van der Waals surface area contributed by atoms with E-state index in [1.165, 1.54) is 0 Å². The number of piperidine rings is 1. The molecule has 0 N–H and O–H groups in total. The Morgan fingerprint density at radius 1 is 0.964 bits per heavy atom. The Kier molecular flexibility index (Phi) is 5.24. The Bertz CT molecular complexity index is 968. The van der Waals surface area contributed by atoms with Crippen molar-refractivity contribution in [2.24, 2.45) is 0 Å². The highest BCUT2D eigenvalue weighted by molar-refractivity contribution is 8.00. The molecule has 28 heavy (non-hydrogen) atoms. The molecule has 2 aromatic rings. The molecule has 2 saturated heterocycles. The summed E-state index contributed by atoms with van der Waals surface area (Å²) in [4.78, 5) is 15.2. The van der Waals surface area contributed by atoms with Gasteiger partial charge in [0.05, 0.1) is 9.77 Å². The summed E-state index contributed by atoms with van der Waals surface area (Å²) in [5.74, 6) is 0.950. The van der Waals surface area contributed by atoms with Crippen LogP contribution in [0.1, 0.15) is 28.8 Å². The third-order valence-corrected chi connectivity index (χ3v) is 9.15. The second-order valence-corrected chi connectivity index (χ2v) is 10.7. The van der Waals surface area contributed by atoms with Crippen LogP contribution < -0.4 is 0 Å². The molecule has 2 aliphatic heterocycles. The molecule has 4 rings (SSSR count). The molecule has 0 aliphatic carbocycles. The van der Waals surface area contributed by atoms with Crippen LogP contribution in [0.3, 0.4) is 0 Å². The van der Waals surface area contributed by atoms with E-state index in [9.17, 15) is 13.2 Å². The SMILES string of the molecule is Cc1ccccc1C(=O)N1CCSC12CCN(S(=O)(=O)c1ccccc1)CC2. The van der Waals surface area contributed by atoms with E-state index < -0.39 is 10.0 Å². The summed E-state index contributed by atoms with van der Waals surface area (Å²) in [6, 6.07) is 16.2. The van der Waals surface area contributed by atoms with Crippen molar-refractivity contribution in [1.82, 2.24) is 9.21 Å². The first-order valence-corrected chi connectivity index (χ1v) is 11.9. The van der Waals surface area contributed by atoms with E-state index in [-0.39, 0.29) is 10.8 Å². The van der Waals surface area contributed by atoms with E-state index >= 15 is 0 Å². The van der Waals surface area contributed by atoms with Gasteiger partial charge in [0.1, 0.15) is 0 Å². The number of nitrogens with zero attached hydrogens (tertiary/aromatic N) is 2. The average Bonchev–Trinajstić information content (AvgIpc) is 3.12. The van der Waals surface area contributed by atoms with Crippen molar-refractivity contribution in [2.45, 2.75) is 29.5 Å². The van der Waals surface area contributed by atoms with E-state index in [2.05, 4.69) is 0 Å². The van der Waals surface area contributed by atoms with Crippen LogP contribution in [0.15, 0.2) is 59.5 Å². The second kappa shape index (κ2) is 7.54. The first-order chi connectivity index (χ1) is 13.4. The molecule has 2 fully saturated rings.